The first-order chi connectivity index (χ1) is 5.81. The Kier molecular flexibility index (Phi) is 1.97. The minimum absolute atomic E-state index is 0.598. The SMILES string of the molecule is Nc1ccc2c(c1)NCC2CBr. The van der Waals surface area contributed by atoms with Crippen molar-refractivity contribution in [3.05, 3.63) is 23.8 Å². The zero-order valence-corrected chi connectivity index (χ0v) is 8.26. The maximum absolute atomic E-state index is 5.67. The third-order valence-electron chi connectivity index (χ3n) is 2.24. The Bertz CT molecular complexity index is 299. The molecule has 3 N–H and O–H groups in total. The molecule has 1 aromatic rings. The summed E-state index contributed by atoms with van der Waals surface area (Å²) in [5, 5.41) is 4.34. The summed E-state index contributed by atoms with van der Waals surface area (Å²) in [6.07, 6.45) is 0. The molecule has 0 fully saturated rings. The summed E-state index contributed by atoms with van der Waals surface area (Å²) in [4.78, 5) is 0. The first-order valence-corrected chi connectivity index (χ1v) is 5.12. The zero-order chi connectivity index (χ0) is 8.55. The highest BCUT2D eigenvalue weighted by Gasteiger charge is 2.20. The first kappa shape index (κ1) is 7.92. The van der Waals surface area contributed by atoms with E-state index in [1.807, 2.05) is 12.1 Å². The summed E-state index contributed by atoms with van der Waals surface area (Å²) in [6, 6.07) is 6.07. The van der Waals surface area contributed by atoms with Gasteiger partial charge in [-0.2, -0.15) is 0 Å². The van der Waals surface area contributed by atoms with Crippen molar-refractivity contribution in [1.82, 2.24) is 0 Å². The second-order valence-corrected chi connectivity index (χ2v) is 3.73. The smallest absolute Gasteiger partial charge is 0.0397 e. The van der Waals surface area contributed by atoms with E-state index in [2.05, 4.69) is 27.3 Å². The molecule has 1 unspecified atom stereocenters. The molecule has 12 heavy (non-hydrogen) atoms. The lowest BCUT2D eigenvalue weighted by atomic mass is 10.0. The van der Waals surface area contributed by atoms with Gasteiger partial charge in [0.1, 0.15) is 0 Å². The second-order valence-electron chi connectivity index (χ2n) is 3.08. The van der Waals surface area contributed by atoms with Crippen LogP contribution in [-0.2, 0) is 0 Å². The lowest BCUT2D eigenvalue weighted by molar-refractivity contribution is 0.874. The molecule has 0 saturated heterocycles. The van der Waals surface area contributed by atoms with Crippen molar-refractivity contribution in [2.24, 2.45) is 0 Å². The molecule has 0 radical (unpaired) electrons. The van der Waals surface area contributed by atoms with E-state index < -0.39 is 0 Å². The third kappa shape index (κ3) is 1.18. The van der Waals surface area contributed by atoms with Crippen molar-refractivity contribution in [2.45, 2.75) is 5.92 Å². The summed E-state index contributed by atoms with van der Waals surface area (Å²) >= 11 is 3.49. The van der Waals surface area contributed by atoms with Crippen LogP contribution < -0.4 is 11.1 Å². The molecule has 2 rings (SSSR count). The van der Waals surface area contributed by atoms with Crippen molar-refractivity contribution in [3.63, 3.8) is 0 Å². The Morgan fingerprint density at radius 1 is 1.58 bits per heavy atom. The summed E-state index contributed by atoms with van der Waals surface area (Å²) in [5.41, 5.74) is 9.07. The van der Waals surface area contributed by atoms with Gasteiger partial charge in [-0.1, -0.05) is 22.0 Å². The van der Waals surface area contributed by atoms with E-state index in [4.69, 9.17) is 5.73 Å². The zero-order valence-electron chi connectivity index (χ0n) is 6.68. The van der Waals surface area contributed by atoms with Crippen LogP contribution in [0, 0.1) is 0 Å². The Hall–Kier alpha value is -0.700. The Morgan fingerprint density at radius 3 is 3.17 bits per heavy atom. The number of alkyl halides is 1. The van der Waals surface area contributed by atoms with Crippen molar-refractivity contribution < 1.29 is 0 Å². The molecule has 64 valence electrons. The predicted molar refractivity (Wildman–Crippen MR) is 55.9 cm³/mol. The van der Waals surface area contributed by atoms with E-state index in [9.17, 15) is 0 Å². The largest absolute Gasteiger partial charge is 0.399 e. The number of rotatable bonds is 1. The van der Waals surface area contributed by atoms with Crippen LogP contribution in [0.25, 0.3) is 0 Å². The van der Waals surface area contributed by atoms with Gasteiger partial charge in [-0.25, -0.2) is 0 Å². The van der Waals surface area contributed by atoms with Gasteiger partial charge in [0, 0.05) is 29.2 Å². The fourth-order valence-electron chi connectivity index (χ4n) is 1.56. The molecule has 0 amide bonds. The van der Waals surface area contributed by atoms with Crippen molar-refractivity contribution in [2.75, 3.05) is 22.9 Å². The number of nitrogens with one attached hydrogen (secondary N) is 1. The fourth-order valence-corrected chi connectivity index (χ4v) is 2.14. The van der Waals surface area contributed by atoms with Crippen molar-refractivity contribution >= 4 is 27.3 Å². The predicted octanol–water partition coefficient (Wildman–Crippen LogP) is 2.17. The van der Waals surface area contributed by atoms with Crippen LogP contribution in [0.1, 0.15) is 11.5 Å². The summed E-state index contributed by atoms with van der Waals surface area (Å²) in [6.45, 7) is 1.02. The van der Waals surface area contributed by atoms with E-state index >= 15 is 0 Å². The molecular formula is C9H11BrN2. The van der Waals surface area contributed by atoms with E-state index in [1.54, 1.807) is 0 Å². The van der Waals surface area contributed by atoms with Gasteiger partial charge in [0.05, 0.1) is 0 Å². The molecule has 1 aliphatic rings. The Labute approximate surface area is 80.3 Å². The molecule has 0 spiro atoms. The molecule has 2 nitrogen and oxygen atoms in total. The van der Waals surface area contributed by atoms with Crippen LogP contribution in [0.3, 0.4) is 0 Å². The number of fused-ring (bicyclic) bond motifs is 1. The number of anilines is 2. The molecular weight excluding hydrogens is 216 g/mol. The van der Waals surface area contributed by atoms with Gasteiger partial charge >= 0.3 is 0 Å². The van der Waals surface area contributed by atoms with Crippen molar-refractivity contribution in [3.8, 4) is 0 Å². The molecule has 0 bridgehead atoms. The molecule has 1 atom stereocenters. The van der Waals surface area contributed by atoms with Crippen LogP contribution in [0.4, 0.5) is 11.4 Å². The molecule has 1 aliphatic heterocycles. The van der Waals surface area contributed by atoms with Crippen LogP contribution >= 0.6 is 15.9 Å². The number of benzene rings is 1. The quantitative estimate of drug-likeness (QED) is 0.570. The monoisotopic (exact) mass is 226 g/mol. The minimum Gasteiger partial charge on any atom is -0.399 e. The number of hydrogen-bond donors (Lipinski definition) is 2. The summed E-state index contributed by atoms with van der Waals surface area (Å²) in [7, 11) is 0. The highest BCUT2D eigenvalue weighted by atomic mass is 79.9. The molecule has 0 aliphatic carbocycles. The molecule has 1 heterocycles. The van der Waals surface area contributed by atoms with Crippen LogP contribution in [0.2, 0.25) is 0 Å². The number of hydrogen-bond acceptors (Lipinski definition) is 2. The summed E-state index contributed by atoms with van der Waals surface area (Å²) < 4.78 is 0. The maximum atomic E-state index is 5.67. The summed E-state index contributed by atoms with van der Waals surface area (Å²) in [5.74, 6) is 0.598. The Morgan fingerprint density at radius 2 is 2.42 bits per heavy atom. The highest BCUT2D eigenvalue weighted by molar-refractivity contribution is 9.09. The average Bonchev–Trinajstić information content (AvgIpc) is 2.46. The number of halogens is 1. The molecule has 3 heteroatoms. The third-order valence-corrected chi connectivity index (χ3v) is 3.02. The van der Waals surface area contributed by atoms with Crippen molar-refractivity contribution in [1.29, 1.82) is 0 Å². The Balaban J connectivity index is 2.40. The number of nitrogen functional groups attached to an aromatic ring is 1. The van der Waals surface area contributed by atoms with E-state index in [-0.39, 0.29) is 0 Å². The number of nitrogens with two attached hydrogens (primary N) is 1. The van der Waals surface area contributed by atoms with E-state index in [0.717, 1.165) is 17.6 Å². The van der Waals surface area contributed by atoms with Gasteiger partial charge in [-0.3, -0.25) is 0 Å². The fraction of sp³-hybridized carbons (Fsp3) is 0.333. The maximum Gasteiger partial charge on any atom is 0.0397 e. The molecule has 0 saturated carbocycles. The van der Waals surface area contributed by atoms with Crippen LogP contribution in [-0.4, -0.2) is 11.9 Å². The van der Waals surface area contributed by atoms with E-state index in [1.165, 1.54) is 11.3 Å². The molecule has 0 aromatic heterocycles. The molecule has 1 aromatic carbocycles. The minimum atomic E-state index is 0.598. The van der Waals surface area contributed by atoms with Gasteiger partial charge in [0.25, 0.3) is 0 Å². The average molecular weight is 227 g/mol. The normalized spacial score (nSPS) is 20.2. The topological polar surface area (TPSA) is 38.0 Å². The second kappa shape index (κ2) is 2.98. The lowest BCUT2D eigenvalue weighted by Crippen LogP contribution is -2.02. The van der Waals surface area contributed by atoms with E-state index in [0.29, 0.717) is 5.92 Å². The lowest BCUT2D eigenvalue weighted by Gasteiger charge is -2.04. The highest BCUT2D eigenvalue weighted by Crippen LogP contribution is 2.33. The standard InChI is InChI=1S/C9H11BrN2/c10-4-6-5-12-9-3-7(11)1-2-8(6)9/h1-3,6,12H,4-5,11H2. The first-order valence-electron chi connectivity index (χ1n) is 4.00. The van der Waals surface area contributed by atoms with Gasteiger partial charge in [0.2, 0.25) is 0 Å². The van der Waals surface area contributed by atoms with Gasteiger partial charge in [0.15, 0.2) is 0 Å². The van der Waals surface area contributed by atoms with Crippen LogP contribution in [0.15, 0.2) is 18.2 Å². The van der Waals surface area contributed by atoms with Gasteiger partial charge in [-0.05, 0) is 17.7 Å². The van der Waals surface area contributed by atoms with Gasteiger partial charge in [-0.15, -0.1) is 0 Å². The van der Waals surface area contributed by atoms with Crippen LogP contribution in [0.5, 0.6) is 0 Å². The van der Waals surface area contributed by atoms with Gasteiger partial charge < -0.3 is 11.1 Å².